The molecule has 0 fully saturated rings. The fourth-order valence-corrected chi connectivity index (χ4v) is 2.47. The van der Waals surface area contributed by atoms with Crippen molar-refractivity contribution in [2.45, 2.75) is 4.90 Å². The highest BCUT2D eigenvalue weighted by atomic mass is 79.9. The fourth-order valence-electron chi connectivity index (χ4n) is 1.45. The third kappa shape index (κ3) is 4.69. The summed E-state index contributed by atoms with van der Waals surface area (Å²) in [6.45, 7) is 0.621. The molecule has 1 aromatic heterocycles. The highest BCUT2D eigenvalue weighted by Gasteiger charge is 2.05. The minimum absolute atomic E-state index is 0.138. The molecule has 1 N–H and O–H groups in total. The molecule has 0 aliphatic heterocycles. The van der Waals surface area contributed by atoms with Gasteiger partial charge in [0.25, 0.3) is 5.91 Å². The zero-order valence-corrected chi connectivity index (χ0v) is 12.6. The van der Waals surface area contributed by atoms with Crippen molar-refractivity contribution in [1.82, 2.24) is 10.3 Å². The molecule has 5 heteroatoms. The Labute approximate surface area is 125 Å². The fraction of sp³-hybridized carbons (Fsp3) is 0.143. The first kappa shape index (κ1) is 14.1. The van der Waals surface area contributed by atoms with Crippen molar-refractivity contribution in [2.24, 2.45) is 0 Å². The minimum atomic E-state index is -0.138. The van der Waals surface area contributed by atoms with Gasteiger partial charge in [0.15, 0.2) is 0 Å². The van der Waals surface area contributed by atoms with E-state index in [1.54, 1.807) is 30.1 Å². The number of rotatable bonds is 5. The van der Waals surface area contributed by atoms with Crippen LogP contribution in [-0.2, 0) is 0 Å². The number of hydrogen-bond acceptors (Lipinski definition) is 3. The van der Waals surface area contributed by atoms with E-state index in [-0.39, 0.29) is 5.91 Å². The largest absolute Gasteiger partial charge is 0.350 e. The third-order valence-corrected chi connectivity index (χ3v) is 3.84. The van der Waals surface area contributed by atoms with Crippen LogP contribution in [-0.4, -0.2) is 23.2 Å². The zero-order valence-electron chi connectivity index (χ0n) is 10.2. The number of benzene rings is 1. The number of hydrogen-bond donors (Lipinski definition) is 1. The summed E-state index contributed by atoms with van der Waals surface area (Å²) in [5.74, 6) is 0.702. The summed E-state index contributed by atoms with van der Waals surface area (Å²) in [5, 5.41) is 2.85. The van der Waals surface area contributed by atoms with Gasteiger partial charge in [-0.2, -0.15) is 0 Å². The predicted molar refractivity (Wildman–Crippen MR) is 81.4 cm³/mol. The van der Waals surface area contributed by atoms with E-state index in [0.29, 0.717) is 12.2 Å². The molecule has 1 heterocycles. The third-order valence-electron chi connectivity index (χ3n) is 2.36. The van der Waals surface area contributed by atoms with Crippen LogP contribution in [0.4, 0.5) is 0 Å². The molecule has 0 aliphatic carbocycles. The van der Waals surface area contributed by atoms with Crippen LogP contribution in [0.1, 0.15) is 10.5 Å². The van der Waals surface area contributed by atoms with Gasteiger partial charge in [-0.3, -0.25) is 4.79 Å². The molecule has 0 unspecified atom stereocenters. The monoisotopic (exact) mass is 336 g/mol. The van der Waals surface area contributed by atoms with Crippen molar-refractivity contribution < 1.29 is 4.79 Å². The van der Waals surface area contributed by atoms with Gasteiger partial charge in [-0.1, -0.05) is 18.2 Å². The van der Waals surface area contributed by atoms with E-state index >= 15 is 0 Å². The maximum absolute atomic E-state index is 11.8. The Bertz CT molecular complexity index is 531. The zero-order chi connectivity index (χ0) is 13.5. The van der Waals surface area contributed by atoms with Gasteiger partial charge in [0.05, 0.1) is 0 Å². The summed E-state index contributed by atoms with van der Waals surface area (Å²) >= 11 is 5.00. The average molecular weight is 337 g/mol. The normalized spacial score (nSPS) is 10.2. The van der Waals surface area contributed by atoms with Crippen LogP contribution in [0.25, 0.3) is 0 Å². The van der Waals surface area contributed by atoms with E-state index in [9.17, 15) is 4.79 Å². The molecule has 3 nitrogen and oxygen atoms in total. The van der Waals surface area contributed by atoms with Crippen LogP contribution in [0.2, 0.25) is 0 Å². The second kappa shape index (κ2) is 7.31. The molecule has 1 aromatic carbocycles. The molecule has 0 saturated heterocycles. The molecule has 2 aromatic rings. The van der Waals surface area contributed by atoms with Crippen molar-refractivity contribution in [2.75, 3.05) is 12.3 Å². The van der Waals surface area contributed by atoms with Gasteiger partial charge in [-0.15, -0.1) is 11.8 Å². The van der Waals surface area contributed by atoms with E-state index in [1.165, 1.54) is 4.90 Å². The van der Waals surface area contributed by atoms with Crippen molar-refractivity contribution in [3.05, 3.63) is 58.8 Å². The second-order valence-corrected chi connectivity index (χ2v) is 5.86. The Morgan fingerprint density at radius 2 is 2.00 bits per heavy atom. The number of thioether (sulfide) groups is 1. The number of halogens is 1. The number of nitrogens with one attached hydrogen (secondary N) is 1. The summed E-state index contributed by atoms with van der Waals surface area (Å²) < 4.78 is 0.865. The topological polar surface area (TPSA) is 42.0 Å². The molecular formula is C14H13BrN2OS. The van der Waals surface area contributed by atoms with Crippen molar-refractivity contribution in [3.8, 4) is 0 Å². The Morgan fingerprint density at radius 1 is 1.21 bits per heavy atom. The maximum Gasteiger partial charge on any atom is 0.269 e. The van der Waals surface area contributed by atoms with Crippen LogP contribution in [0.3, 0.4) is 0 Å². The summed E-state index contributed by atoms with van der Waals surface area (Å²) in [5.41, 5.74) is 0.438. The molecule has 1 amide bonds. The van der Waals surface area contributed by atoms with Crippen molar-refractivity contribution in [1.29, 1.82) is 0 Å². The first-order chi connectivity index (χ1) is 9.25. The number of carbonyl (C=O) groups is 1. The molecule has 0 spiro atoms. The van der Waals surface area contributed by atoms with Crippen molar-refractivity contribution >= 4 is 33.6 Å². The number of carbonyl (C=O) groups excluding carboxylic acids is 1. The van der Waals surface area contributed by atoms with E-state index in [0.717, 1.165) is 10.2 Å². The summed E-state index contributed by atoms with van der Waals surface area (Å²) in [4.78, 5) is 17.0. The van der Waals surface area contributed by atoms with Gasteiger partial charge in [0.1, 0.15) is 5.69 Å². The van der Waals surface area contributed by atoms with Gasteiger partial charge < -0.3 is 5.32 Å². The van der Waals surface area contributed by atoms with Gasteiger partial charge in [-0.25, -0.2) is 4.98 Å². The lowest BCUT2D eigenvalue weighted by Crippen LogP contribution is -2.26. The Balaban J connectivity index is 1.74. The molecule has 98 valence electrons. The molecule has 0 bridgehead atoms. The Morgan fingerprint density at radius 3 is 2.68 bits per heavy atom. The molecule has 0 atom stereocenters. The van der Waals surface area contributed by atoms with Gasteiger partial charge in [0, 0.05) is 27.9 Å². The van der Waals surface area contributed by atoms with Crippen LogP contribution < -0.4 is 5.32 Å². The lowest BCUT2D eigenvalue weighted by atomic mass is 10.3. The lowest BCUT2D eigenvalue weighted by Gasteiger charge is -2.04. The standard InChI is InChI=1S/C14H13BrN2OS/c15-11-6-7-13(17-10-11)14(18)16-8-9-19-12-4-2-1-3-5-12/h1-7,10H,8-9H2,(H,16,18). The van der Waals surface area contributed by atoms with Gasteiger partial charge >= 0.3 is 0 Å². The smallest absolute Gasteiger partial charge is 0.269 e. The predicted octanol–water partition coefficient (Wildman–Crippen LogP) is 3.37. The van der Waals surface area contributed by atoms with Crippen LogP contribution in [0.5, 0.6) is 0 Å². The maximum atomic E-state index is 11.8. The van der Waals surface area contributed by atoms with Crippen LogP contribution in [0, 0.1) is 0 Å². The first-order valence-corrected chi connectivity index (χ1v) is 7.61. The van der Waals surface area contributed by atoms with Crippen LogP contribution >= 0.6 is 27.7 Å². The quantitative estimate of drug-likeness (QED) is 0.672. The molecule has 0 radical (unpaired) electrons. The van der Waals surface area contributed by atoms with E-state index < -0.39 is 0 Å². The number of pyridine rings is 1. The second-order valence-electron chi connectivity index (χ2n) is 3.78. The molecule has 0 saturated carbocycles. The summed E-state index contributed by atoms with van der Waals surface area (Å²) in [6, 6.07) is 13.6. The summed E-state index contributed by atoms with van der Waals surface area (Å²) in [7, 11) is 0. The van der Waals surface area contributed by atoms with Gasteiger partial charge in [0.2, 0.25) is 0 Å². The molecule has 19 heavy (non-hydrogen) atoms. The Kier molecular flexibility index (Phi) is 5.42. The van der Waals surface area contributed by atoms with Crippen molar-refractivity contribution in [3.63, 3.8) is 0 Å². The Hall–Kier alpha value is -1.33. The van der Waals surface area contributed by atoms with E-state index in [4.69, 9.17) is 0 Å². The highest BCUT2D eigenvalue weighted by molar-refractivity contribution is 9.10. The molecular weight excluding hydrogens is 324 g/mol. The van der Waals surface area contributed by atoms with E-state index in [2.05, 4.69) is 38.4 Å². The number of aromatic nitrogens is 1. The average Bonchev–Trinajstić information content (AvgIpc) is 2.45. The minimum Gasteiger partial charge on any atom is -0.350 e. The lowest BCUT2D eigenvalue weighted by molar-refractivity contribution is 0.0951. The highest BCUT2D eigenvalue weighted by Crippen LogP contribution is 2.15. The number of amides is 1. The SMILES string of the molecule is O=C(NCCSc1ccccc1)c1ccc(Br)cn1. The molecule has 0 aliphatic rings. The van der Waals surface area contributed by atoms with E-state index in [1.807, 2.05) is 18.2 Å². The number of nitrogens with zero attached hydrogens (tertiary/aromatic N) is 1. The first-order valence-electron chi connectivity index (χ1n) is 5.83. The van der Waals surface area contributed by atoms with Gasteiger partial charge in [-0.05, 0) is 40.2 Å². The van der Waals surface area contributed by atoms with Crippen LogP contribution in [0.15, 0.2) is 58.0 Å². The molecule has 2 rings (SSSR count). The summed E-state index contributed by atoms with van der Waals surface area (Å²) in [6.07, 6.45) is 1.62.